The molecule has 0 saturated heterocycles. The first-order valence-electron chi connectivity index (χ1n) is 11.5. The standard InChI is InChI=1S/C15H21BN6.2C6H5.Ir.N2/c1-10-7-13(4)20(17-10)16(21-14(5)8-11(2)18-21)22-15(6)9-12(3)19-22;2*1-2-4-6-5-3-1;;1-2/h7-9H,1-6H3;2*1-5H;;/q3*-1;+3;. The molecule has 0 aliphatic heterocycles. The molecule has 0 saturated carbocycles. The first-order chi connectivity index (χ1) is 17.4. The normalized spacial score (nSPS) is 9.54. The van der Waals surface area contributed by atoms with Gasteiger partial charge in [0.1, 0.15) is 0 Å². The monoisotopic (exact) mass is 671 g/mol. The minimum Gasteiger partial charge on any atom is -0.422 e. The van der Waals surface area contributed by atoms with E-state index in [-0.39, 0.29) is 27.2 Å². The molecule has 3 heterocycles. The number of hydrogen-bond donors (Lipinski definition) is 0. The fourth-order valence-electron chi connectivity index (χ4n) is 3.63. The second kappa shape index (κ2) is 16.0. The van der Waals surface area contributed by atoms with Crippen molar-refractivity contribution in [1.29, 1.82) is 10.8 Å². The van der Waals surface area contributed by atoms with Crippen LogP contribution < -0.4 is 0 Å². The molecule has 2 aromatic carbocycles. The molecule has 3 aromatic heterocycles. The Hall–Kier alpha value is -3.80. The van der Waals surface area contributed by atoms with E-state index in [1.807, 2.05) is 95.2 Å². The Morgan fingerprint density at radius 3 is 0.946 bits per heavy atom. The van der Waals surface area contributed by atoms with Crippen LogP contribution in [0.4, 0.5) is 0 Å². The zero-order valence-electron chi connectivity index (χ0n) is 22.0. The molecule has 0 N–H and O–H groups in total. The van der Waals surface area contributed by atoms with E-state index in [2.05, 4.69) is 66.4 Å². The van der Waals surface area contributed by atoms with E-state index < -0.39 is 0 Å². The summed E-state index contributed by atoms with van der Waals surface area (Å²) in [5.41, 5.74) is 6.23. The molecule has 0 aliphatic rings. The number of rotatable bonds is 3. The Morgan fingerprint density at radius 1 is 0.541 bits per heavy atom. The van der Waals surface area contributed by atoms with Crippen LogP contribution in [0.5, 0.6) is 0 Å². The Balaban J connectivity index is 0.000000373. The summed E-state index contributed by atoms with van der Waals surface area (Å²) in [4.78, 5) is 0. The molecule has 0 aliphatic carbocycles. The minimum absolute atomic E-state index is 0. The van der Waals surface area contributed by atoms with Gasteiger partial charge in [0, 0.05) is 10.8 Å². The first kappa shape index (κ1) is 31.2. The van der Waals surface area contributed by atoms with Crippen LogP contribution in [-0.4, -0.2) is 36.2 Å². The fraction of sp³-hybridized carbons (Fsp3) is 0.222. The van der Waals surface area contributed by atoms with E-state index in [1.165, 1.54) is 0 Å². The largest absolute Gasteiger partial charge is 3.00 e. The van der Waals surface area contributed by atoms with Crippen molar-refractivity contribution >= 4 is 7.12 Å². The van der Waals surface area contributed by atoms with Crippen LogP contribution in [0.2, 0.25) is 0 Å². The molecule has 0 bridgehead atoms. The molecule has 5 aromatic rings. The number of aryl methyl sites for hydroxylation is 6. The number of hydrogen-bond acceptors (Lipinski definition) is 5. The molecule has 10 heteroatoms. The van der Waals surface area contributed by atoms with E-state index in [0.717, 1.165) is 34.2 Å². The zero-order valence-corrected chi connectivity index (χ0v) is 24.4. The van der Waals surface area contributed by atoms with E-state index >= 15 is 0 Å². The van der Waals surface area contributed by atoms with Crippen molar-refractivity contribution in [3.05, 3.63) is 125 Å². The molecule has 5 rings (SSSR count). The van der Waals surface area contributed by atoms with Crippen LogP contribution in [0, 0.1) is 64.5 Å². The van der Waals surface area contributed by atoms with Crippen molar-refractivity contribution in [3.63, 3.8) is 0 Å². The summed E-state index contributed by atoms with van der Waals surface area (Å²) in [6.45, 7) is 12.2. The van der Waals surface area contributed by atoms with Gasteiger partial charge in [-0.1, -0.05) is 0 Å². The van der Waals surface area contributed by atoms with Gasteiger partial charge in [0.15, 0.2) is 0 Å². The Labute approximate surface area is 233 Å². The molecule has 0 unspecified atom stereocenters. The Morgan fingerprint density at radius 2 is 0.811 bits per heavy atom. The summed E-state index contributed by atoms with van der Waals surface area (Å²) in [7, 11) is -0.226. The maximum atomic E-state index is 6.00. The van der Waals surface area contributed by atoms with Crippen LogP contribution in [0.25, 0.3) is 0 Å². The molecule has 0 amide bonds. The van der Waals surface area contributed by atoms with Crippen LogP contribution >= 0.6 is 0 Å². The minimum atomic E-state index is -0.226. The van der Waals surface area contributed by atoms with Gasteiger partial charge in [0.05, 0.1) is 17.1 Å². The first-order valence-corrected chi connectivity index (χ1v) is 11.5. The molecule has 8 nitrogen and oxygen atoms in total. The fourth-order valence-corrected chi connectivity index (χ4v) is 3.63. The number of aromatic nitrogens is 6. The van der Waals surface area contributed by atoms with Gasteiger partial charge in [-0.2, -0.15) is 72.8 Å². The quantitative estimate of drug-likeness (QED) is 0.152. The Bertz CT molecular complexity index is 1130. The predicted octanol–water partition coefficient (Wildman–Crippen LogP) is 5.06. The summed E-state index contributed by atoms with van der Waals surface area (Å²) in [5.74, 6) is 0. The van der Waals surface area contributed by atoms with Crippen LogP contribution in [-0.2, 0) is 20.1 Å². The zero-order chi connectivity index (χ0) is 26.5. The maximum Gasteiger partial charge on any atom is 3.00 e. The van der Waals surface area contributed by atoms with Crippen LogP contribution in [0.3, 0.4) is 0 Å². The van der Waals surface area contributed by atoms with Crippen molar-refractivity contribution in [2.75, 3.05) is 0 Å². The van der Waals surface area contributed by atoms with E-state index in [9.17, 15) is 0 Å². The average Bonchev–Trinajstić information content (AvgIpc) is 3.53. The van der Waals surface area contributed by atoms with Gasteiger partial charge >= 0.3 is 20.1 Å². The molecule has 0 fully saturated rings. The third kappa shape index (κ3) is 9.30. The van der Waals surface area contributed by atoms with E-state index in [0.29, 0.717) is 0 Å². The molecular weight excluding hydrogens is 639 g/mol. The second-order valence-electron chi connectivity index (χ2n) is 8.12. The van der Waals surface area contributed by atoms with Gasteiger partial charge in [0.25, 0.3) is 7.12 Å². The predicted molar refractivity (Wildman–Crippen MR) is 141 cm³/mol. The molecule has 0 spiro atoms. The van der Waals surface area contributed by atoms with Crippen molar-refractivity contribution in [2.45, 2.75) is 41.5 Å². The average molecular weight is 671 g/mol. The van der Waals surface area contributed by atoms with Crippen molar-refractivity contribution in [2.24, 2.45) is 0 Å². The molecule has 1 radical (unpaired) electrons. The van der Waals surface area contributed by atoms with Crippen molar-refractivity contribution in [3.8, 4) is 0 Å². The summed E-state index contributed by atoms with van der Waals surface area (Å²) < 4.78 is 5.94. The molecule has 0 atom stereocenters. The third-order valence-electron chi connectivity index (χ3n) is 5.00. The van der Waals surface area contributed by atoms with Crippen LogP contribution in [0.1, 0.15) is 34.2 Å². The van der Waals surface area contributed by atoms with Gasteiger partial charge in [-0.05, 0) is 76.8 Å². The van der Waals surface area contributed by atoms with Crippen molar-refractivity contribution in [1.82, 2.24) is 29.1 Å². The third-order valence-corrected chi connectivity index (χ3v) is 5.00. The van der Waals surface area contributed by atoms with Crippen molar-refractivity contribution < 1.29 is 20.1 Å². The summed E-state index contributed by atoms with van der Waals surface area (Å²) in [6, 6.07) is 31.2. The Kier molecular flexibility index (Phi) is 13.5. The molecule has 191 valence electrons. The summed E-state index contributed by atoms with van der Waals surface area (Å²) in [5, 5.41) is 26.0. The topological polar surface area (TPSA) is 101 Å². The second-order valence-corrected chi connectivity index (χ2v) is 8.12. The number of benzene rings is 2. The summed E-state index contributed by atoms with van der Waals surface area (Å²) >= 11 is 0. The van der Waals surface area contributed by atoms with Gasteiger partial charge in [-0.25, -0.2) is 15.3 Å². The van der Waals surface area contributed by atoms with Gasteiger partial charge in [-0.15, -0.1) is 0 Å². The summed E-state index contributed by atoms with van der Waals surface area (Å²) in [6.07, 6.45) is 0. The molecule has 37 heavy (non-hydrogen) atoms. The van der Waals surface area contributed by atoms with E-state index in [4.69, 9.17) is 10.8 Å². The van der Waals surface area contributed by atoms with Gasteiger partial charge in [-0.3, -0.25) is 0 Å². The molecular formula is C27H31BIrN8. The SMILES string of the molecule is Cc1cc(C)n([B-](n2nc(C)cc2C)n2nc(C)cc2C)n1.N#N.[Ir+3].[c-]1ccccc1.[c-]1ccccc1. The van der Waals surface area contributed by atoms with Gasteiger partial charge < -0.3 is 13.8 Å². The van der Waals surface area contributed by atoms with Crippen LogP contribution in [0.15, 0.2) is 78.9 Å². The number of nitrogens with zero attached hydrogens (tertiary/aromatic N) is 8. The maximum absolute atomic E-state index is 6.00. The van der Waals surface area contributed by atoms with E-state index in [1.54, 1.807) is 0 Å². The smallest absolute Gasteiger partial charge is 0.422 e. The van der Waals surface area contributed by atoms with Gasteiger partial charge in [0.2, 0.25) is 0 Å².